The maximum absolute atomic E-state index is 12.7. The molecule has 0 aliphatic heterocycles. The highest BCUT2D eigenvalue weighted by Crippen LogP contribution is 2.22. The van der Waals surface area contributed by atoms with Crippen LogP contribution in [0.2, 0.25) is 5.02 Å². The lowest BCUT2D eigenvalue weighted by atomic mass is 10.1. The Morgan fingerprint density at radius 3 is 2.57 bits per heavy atom. The predicted octanol–water partition coefficient (Wildman–Crippen LogP) is 5.05. The van der Waals surface area contributed by atoms with Crippen LogP contribution in [0, 0.1) is 6.92 Å². The molecule has 21 heavy (non-hydrogen) atoms. The van der Waals surface area contributed by atoms with E-state index in [0.717, 1.165) is 16.0 Å². The third-order valence-corrected chi connectivity index (χ3v) is 3.79. The van der Waals surface area contributed by atoms with Gasteiger partial charge in [0.15, 0.2) is 0 Å². The fourth-order valence-electron chi connectivity index (χ4n) is 2.07. The number of hydrogen-bond donors (Lipinski definition) is 0. The average Bonchev–Trinajstić information content (AvgIpc) is 2.79. The molecule has 0 spiro atoms. The van der Waals surface area contributed by atoms with E-state index in [1.807, 2.05) is 32.9 Å². The number of halogens is 2. The highest BCUT2D eigenvalue weighted by molar-refractivity contribution is 9.10. The molecule has 112 valence electrons. The van der Waals surface area contributed by atoms with Gasteiger partial charge < -0.3 is 9.32 Å². The van der Waals surface area contributed by atoms with E-state index in [-0.39, 0.29) is 11.9 Å². The number of benzene rings is 1. The largest absolute Gasteiger partial charge is 0.464 e. The fraction of sp³-hybridized carbons (Fsp3) is 0.312. The Kier molecular flexibility index (Phi) is 5.12. The van der Waals surface area contributed by atoms with Gasteiger partial charge in [-0.2, -0.15) is 0 Å². The van der Waals surface area contributed by atoms with Crippen molar-refractivity contribution in [1.82, 2.24) is 4.90 Å². The summed E-state index contributed by atoms with van der Waals surface area (Å²) in [5.41, 5.74) is 0.561. The molecule has 5 heteroatoms. The highest BCUT2D eigenvalue weighted by Gasteiger charge is 2.21. The highest BCUT2D eigenvalue weighted by atomic mass is 79.9. The second-order valence-corrected chi connectivity index (χ2v) is 6.55. The smallest absolute Gasteiger partial charge is 0.254 e. The van der Waals surface area contributed by atoms with E-state index in [1.54, 1.807) is 23.1 Å². The SMILES string of the molecule is Cc1ccc(CN(C(=O)c2cc(Cl)cc(Br)c2)C(C)C)o1. The minimum Gasteiger partial charge on any atom is -0.464 e. The van der Waals surface area contributed by atoms with E-state index in [2.05, 4.69) is 15.9 Å². The van der Waals surface area contributed by atoms with Crippen LogP contribution in [0.3, 0.4) is 0 Å². The van der Waals surface area contributed by atoms with Crippen molar-refractivity contribution in [1.29, 1.82) is 0 Å². The molecule has 0 atom stereocenters. The molecule has 0 N–H and O–H groups in total. The van der Waals surface area contributed by atoms with Crippen LogP contribution in [0.15, 0.2) is 39.2 Å². The Balaban J connectivity index is 2.26. The summed E-state index contributed by atoms with van der Waals surface area (Å²) in [4.78, 5) is 14.5. The summed E-state index contributed by atoms with van der Waals surface area (Å²) < 4.78 is 6.36. The van der Waals surface area contributed by atoms with Gasteiger partial charge >= 0.3 is 0 Å². The molecule has 1 heterocycles. The Morgan fingerprint density at radius 1 is 1.33 bits per heavy atom. The normalized spacial score (nSPS) is 11.0. The summed E-state index contributed by atoms with van der Waals surface area (Å²) in [6, 6.07) is 9.06. The van der Waals surface area contributed by atoms with Crippen molar-refractivity contribution in [3.05, 3.63) is 56.9 Å². The van der Waals surface area contributed by atoms with Crippen LogP contribution in [0.1, 0.15) is 35.7 Å². The van der Waals surface area contributed by atoms with Gasteiger partial charge in [0.25, 0.3) is 5.91 Å². The number of amides is 1. The van der Waals surface area contributed by atoms with Gasteiger partial charge in [0, 0.05) is 21.1 Å². The molecular weight excluding hydrogens is 354 g/mol. The Hall–Kier alpha value is -1.26. The number of carbonyl (C=O) groups is 1. The molecule has 0 aliphatic rings. The van der Waals surface area contributed by atoms with Crippen molar-refractivity contribution in [3.63, 3.8) is 0 Å². The van der Waals surface area contributed by atoms with Crippen molar-refractivity contribution >= 4 is 33.4 Å². The summed E-state index contributed by atoms with van der Waals surface area (Å²) in [6.07, 6.45) is 0. The first kappa shape index (κ1) is 16.1. The zero-order chi connectivity index (χ0) is 15.6. The Labute approximate surface area is 138 Å². The maximum Gasteiger partial charge on any atom is 0.254 e. The lowest BCUT2D eigenvalue weighted by Crippen LogP contribution is -2.36. The topological polar surface area (TPSA) is 33.5 Å². The number of furan rings is 1. The van der Waals surface area contributed by atoms with Crippen LogP contribution in [0.25, 0.3) is 0 Å². The van der Waals surface area contributed by atoms with E-state index < -0.39 is 0 Å². The molecule has 0 saturated heterocycles. The van der Waals surface area contributed by atoms with E-state index in [1.165, 1.54) is 0 Å². The van der Waals surface area contributed by atoms with Crippen molar-refractivity contribution in [2.45, 2.75) is 33.4 Å². The van der Waals surface area contributed by atoms with Gasteiger partial charge in [-0.05, 0) is 51.1 Å². The fourth-order valence-corrected chi connectivity index (χ4v) is 2.93. The lowest BCUT2D eigenvalue weighted by molar-refractivity contribution is 0.0675. The van der Waals surface area contributed by atoms with Crippen molar-refractivity contribution < 1.29 is 9.21 Å². The van der Waals surface area contributed by atoms with Crippen LogP contribution < -0.4 is 0 Å². The second-order valence-electron chi connectivity index (χ2n) is 5.20. The first-order chi connectivity index (χ1) is 9.86. The Bertz CT molecular complexity index is 631. The molecule has 1 amide bonds. The van der Waals surface area contributed by atoms with Gasteiger partial charge in [-0.25, -0.2) is 0 Å². The van der Waals surface area contributed by atoms with Crippen LogP contribution in [0.5, 0.6) is 0 Å². The van der Waals surface area contributed by atoms with Crippen molar-refractivity contribution in [2.24, 2.45) is 0 Å². The summed E-state index contributed by atoms with van der Waals surface area (Å²) >= 11 is 9.39. The van der Waals surface area contributed by atoms with Crippen LogP contribution in [0.4, 0.5) is 0 Å². The first-order valence-corrected chi connectivity index (χ1v) is 7.86. The van der Waals surface area contributed by atoms with Crippen LogP contribution in [-0.2, 0) is 6.54 Å². The molecule has 0 saturated carbocycles. The first-order valence-electron chi connectivity index (χ1n) is 6.69. The molecule has 0 bridgehead atoms. The number of hydrogen-bond acceptors (Lipinski definition) is 2. The minimum atomic E-state index is -0.0674. The third-order valence-electron chi connectivity index (χ3n) is 3.12. The molecule has 0 fully saturated rings. The molecular formula is C16H17BrClNO2. The number of rotatable bonds is 4. The molecule has 0 unspecified atom stereocenters. The number of aryl methyl sites for hydroxylation is 1. The number of nitrogens with zero attached hydrogens (tertiary/aromatic N) is 1. The zero-order valence-electron chi connectivity index (χ0n) is 12.2. The predicted molar refractivity (Wildman–Crippen MR) is 87.6 cm³/mol. The van der Waals surface area contributed by atoms with Gasteiger partial charge in [-0.15, -0.1) is 0 Å². The van der Waals surface area contributed by atoms with Crippen molar-refractivity contribution in [3.8, 4) is 0 Å². The monoisotopic (exact) mass is 369 g/mol. The molecule has 2 rings (SSSR count). The molecule has 0 radical (unpaired) electrons. The van der Waals surface area contributed by atoms with Crippen LogP contribution >= 0.6 is 27.5 Å². The van der Waals surface area contributed by atoms with Gasteiger partial charge in [0.2, 0.25) is 0 Å². The molecule has 1 aromatic carbocycles. The third kappa shape index (κ3) is 4.11. The lowest BCUT2D eigenvalue weighted by Gasteiger charge is -2.26. The second kappa shape index (κ2) is 6.67. The Morgan fingerprint density at radius 2 is 2.05 bits per heavy atom. The van der Waals surface area contributed by atoms with E-state index in [4.69, 9.17) is 16.0 Å². The summed E-state index contributed by atoms with van der Waals surface area (Å²) in [5.74, 6) is 1.55. The number of carbonyl (C=O) groups excluding carboxylic acids is 1. The summed E-state index contributed by atoms with van der Waals surface area (Å²) in [5, 5.41) is 0.533. The summed E-state index contributed by atoms with van der Waals surface area (Å²) in [7, 11) is 0. The van der Waals surface area contributed by atoms with E-state index in [9.17, 15) is 4.79 Å². The van der Waals surface area contributed by atoms with Crippen molar-refractivity contribution in [2.75, 3.05) is 0 Å². The standard InChI is InChI=1S/C16H17BrClNO2/c1-10(2)19(9-15-5-4-11(3)21-15)16(20)12-6-13(17)8-14(18)7-12/h4-8,10H,9H2,1-3H3. The maximum atomic E-state index is 12.7. The van der Waals surface area contributed by atoms with Crippen LogP contribution in [-0.4, -0.2) is 16.8 Å². The molecule has 1 aromatic heterocycles. The summed E-state index contributed by atoms with van der Waals surface area (Å²) in [6.45, 7) is 6.29. The van der Waals surface area contributed by atoms with Gasteiger partial charge in [-0.1, -0.05) is 27.5 Å². The molecule has 2 aromatic rings. The molecule has 3 nitrogen and oxygen atoms in total. The average molecular weight is 371 g/mol. The molecule has 0 aliphatic carbocycles. The van der Waals surface area contributed by atoms with Gasteiger partial charge in [0.1, 0.15) is 11.5 Å². The van der Waals surface area contributed by atoms with Gasteiger partial charge in [-0.3, -0.25) is 4.79 Å². The zero-order valence-corrected chi connectivity index (χ0v) is 14.5. The van der Waals surface area contributed by atoms with Gasteiger partial charge in [0.05, 0.1) is 6.54 Å². The quantitative estimate of drug-likeness (QED) is 0.754. The van der Waals surface area contributed by atoms with E-state index in [0.29, 0.717) is 17.1 Å². The minimum absolute atomic E-state index is 0.0562. The van der Waals surface area contributed by atoms with E-state index >= 15 is 0 Å².